The van der Waals surface area contributed by atoms with E-state index < -0.39 is 23.6 Å². The number of pyridine rings is 1. The van der Waals surface area contributed by atoms with Gasteiger partial charge in [0.25, 0.3) is 0 Å². The Labute approximate surface area is 300 Å². The number of aryl methyl sites for hydroxylation is 1. The number of nitrogens with zero attached hydrogens (tertiary/aromatic N) is 1. The molecule has 0 spiro atoms. The fourth-order valence-electron chi connectivity index (χ4n) is 8.99. The number of hydrogen-bond donors (Lipinski definition) is 7. The zero-order valence-electron chi connectivity index (χ0n) is 30.9. The van der Waals surface area contributed by atoms with E-state index in [-0.39, 0.29) is 36.2 Å². The minimum Gasteiger partial charge on any atom is -0.481 e. The van der Waals surface area contributed by atoms with Crippen molar-refractivity contribution >= 4 is 11.8 Å². The molecule has 9 nitrogen and oxygen atoms in total. The summed E-state index contributed by atoms with van der Waals surface area (Å²) in [6.45, 7) is 4.82. The largest absolute Gasteiger partial charge is 0.481 e. The van der Waals surface area contributed by atoms with Gasteiger partial charge < -0.3 is 36.5 Å². The van der Waals surface area contributed by atoms with Crippen LogP contribution in [0, 0.1) is 35.5 Å². The Balaban J connectivity index is 1.37. The minimum atomic E-state index is -1.09. The van der Waals surface area contributed by atoms with E-state index in [0.29, 0.717) is 44.0 Å². The van der Waals surface area contributed by atoms with Gasteiger partial charge in [-0.3, -0.25) is 4.79 Å². The van der Waals surface area contributed by atoms with Crippen LogP contribution in [-0.4, -0.2) is 67.8 Å². The molecule has 0 bridgehead atoms. The fraction of sp³-hybridized carbons (Fsp3) is 0.707. The van der Waals surface area contributed by atoms with Gasteiger partial charge in [0.1, 0.15) is 5.82 Å². The van der Waals surface area contributed by atoms with Crippen molar-refractivity contribution in [3.05, 3.63) is 59.6 Å². The molecule has 2 aliphatic carbocycles. The van der Waals surface area contributed by atoms with Crippen LogP contribution in [0.1, 0.15) is 114 Å². The first-order chi connectivity index (χ1) is 24.1. The number of anilines is 1. The number of nitrogen functional groups attached to an aromatic ring is 1. The van der Waals surface area contributed by atoms with E-state index in [4.69, 9.17) is 5.73 Å². The van der Waals surface area contributed by atoms with Crippen molar-refractivity contribution in [3.8, 4) is 0 Å². The number of rotatable bonds is 22. The predicted molar refractivity (Wildman–Crippen MR) is 201 cm³/mol. The zero-order valence-corrected chi connectivity index (χ0v) is 30.9. The highest BCUT2D eigenvalue weighted by atomic mass is 16.4. The topological polar surface area (TPSA) is 165 Å². The number of hydrogen-bond acceptors (Lipinski definition) is 7. The van der Waals surface area contributed by atoms with Gasteiger partial charge in [-0.2, -0.15) is 0 Å². The number of carboxylic acid groups (broad SMARTS) is 1. The van der Waals surface area contributed by atoms with Crippen LogP contribution in [0.5, 0.6) is 0 Å². The highest BCUT2D eigenvalue weighted by molar-refractivity contribution is 5.70. The van der Waals surface area contributed by atoms with Crippen molar-refractivity contribution in [2.24, 2.45) is 35.5 Å². The first kappa shape index (κ1) is 40.1. The first-order valence-electron chi connectivity index (χ1n) is 19.6. The maximum atomic E-state index is 12.6. The SMILES string of the molecule is CCCCC[C@@H]1C=C[C@@H](CCCCC[C@H](C(=O)O)[C@H](O)C[C@@H](CNC)[C@]2(O)C[C@H](Cc3ccnc(N)c3)C[C@H]2Cc2cc(CC)c[nH]2)[C@H](O)C1. The lowest BCUT2D eigenvalue weighted by atomic mass is 9.73. The number of aromatic nitrogens is 2. The van der Waals surface area contributed by atoms with Crippen molar-refractivity contribution in [1.82, 2.24) is 15.3 Å². The number of allylic oxidation sites excluding steroid dienone is 1. The quantitative estimate of drug-likeness (QED) is 0.0545. The van der Waals surface area contributed by atoms with Gasteiger partial charge in [0.15, 0.2) is 0 Å². The van der Waals surface area contributed by atoms with Crippen molar-refractivity contribution in [1.29, 1.82) is 0 Å². The number of aliphatic carboxylic acids is 1. The molecule has 8 N–H and O–H groups in total. The van der Waals surface area contributed by atoms with Crippen molar-refractivity contribution in [2.45, 2.75) is 134 Å². The number of aromatic amines is 1. The first-order valence-corrected chi connectivity index (χ1v) is 19.6. The van der Waals surface area contributed by atoms with Crippen molar-refractivity contribution in [2.75, 3.05) is 19.3 Å². The Morgan fingerprint density at radius 2 is 1.88 bits per heavy atom. The van der Waals surface area contributed by atoms with Crippen molar-refractivity contribution in [3.63, 3.8) is 0 Å². The van der Waals surface area contributed by atoms with Crippen LogP contribution in [-0.2, 0) is 24.1 Å². The summed E-state index contributed by atoms with van der Waals surface area (Å²) < 4.78 is 0. The van der Waals surface area contributed by atoms with Gasteiger partial charge in [-0.15, -0.1) is 0 Å². The standard InChI is InChI=1S/C41H66N4O5/c1-4-6-8-11-29-14-15-32(37(46)21-29)12-9-7-10-13-36(40(48)49)38(47)24-34(27-43-3)41(50)25-31(18-30-16-17-44-39(42)22-30)19-33(41)23-35-20-28(5-2)26-45-35/h14-17,20,22,26,29,31-34,36-38,43,45-47,50H,4-13,18-19,21,23-25,27H2,1-3H3,(H2,42,44)(H,48,49)/t29-,31-,32-,33+,34+,36+,37-,38-,41+/m1/s1. The van der Waals surface area contributed by atoms with E-state index in [2.05, 4.69) is 47.4 Å². The number of carboxylic acids is 1. The Kier molecular flexibility index (Phi) is 15.8. The summed E-state index contributed by atoms with van der Waals surface area (Å²) in [5.74, 6) is -0.925. The lowest BCUT2D eigenvalue weighted by molar-refractivity contribution is -0.148. The number of unbranched alkanes of at least 4 members (excludes halogenated alkanes) is 4. The third kappa shape index (κ3) is 11.4. The lowest BCUT2D eigenvalue weighted by Crippen LogP contribution is -2.48. The smallest absolute Gasteiger partial charge is 0.309 e. The number of nitrogens with two attached hydrogens (primary N) is 1. The van der Waals surface area contributed by atoms with Gasteiger partial charge in [0.05, 0.1) is 23.7 Å². The van der Waals surface area contributed by atoms with Gasteiger partial charge in [0.2, 0.25) is 0 Å². The Morgan fingerprint density at radius 3 is 2.56 bits per heavy atom. The van der Waals surface area contributed by atoms with E-state index in [1.165, 1.54) is 24.8 Å². The Bertz CT molecular complexity index is 1330. The van der Waals surface area contributed by atoms with Gasteiger partial charge in [-0.1, -0.05) is 64.5 Å². The molecule has 50 heavy (non-hydrogen) atoms. The third-order valence-corrected chi connectivity index (χ3v) is 11.9. The minimum absolute atomic E-state index is 0.0559. The van der Waals surface area contributed by atoms with Gasteiger partial charge in [-0.25, -0.2) is 4.98 Å². The molecule has 2 aliphatic rings. The molecule has 0 amide bonds. The van der Waals surface area contributed by atoms with Gasteiger partial charge in [-0.05, 0) is 118 Å². The van der Waals surface area contributed by atoms with Crippen LogP contribution >= 0.6 is 0 Å². The summed E-state index contributed by atoms with van der Waals surface area (Å²) in [4.78, 5) is 20.0. The van der Waals surface area contributed by atoms with Crippen LogP contribution in [0.2, 0.25) is 0 Å². The summed E-state index contributed by atoms with van der Waals surface area (Å²) in [7, 11) is 1.85. The molecule has 0 saturated heterocycles. The highest BCUT2D eigenvalue weighted by Crippen LogP contribution is 2.48. The van der Waals surface area contributed by atoms with E-state index in [9.17, 15) is 25.2 Å². The zero-order chi connectivity index (χ0) is 36.1. The Hall–Kier alpha value is -2.72. The second-order valence-electron chi connectivity index (χ2n) is 15.6. The number of aliphatic hydroxyl groups is 3. The maximum Gasteiger partial charge on any atom is 0.309 e. The average Bonchev–Trinajstić information content (AvgIpc) is 3.67. The van der Waals surface area contributed by atoms with E-state index in [0.717, 1.165) is 62.6 Å². The summed E-state index contributed by atoms with van der Waals surface area (Å²) in [5.41, 5.74) is 8.31. The van der Waals surface area contributed by atoms with E-state index >= 15 is 0 Å². The van der Waals surface area contributed by atoms with Crippen molar-refractivity contribution < 1.29 is 25.2 Å². The average molecular weight is 695 g/mol. The molecular formula is C41H66N4O5. The summed E-state index contributed by atoms with van der Waals surface area (Å²) in [6, 6.07) is 6.05. The fourth-order valence-corrected chi connectivity index (χ4v) is 8.99. The molecule has 1 saturated carbocycles. The third-order valence-electron chi connectivity index (χ3n) is 11.9. The molecule has 0 aromatic carbocycles. The number of carbonyl (C=O) groups is 1. The molecular weight excluding hydrogens is 628 g/mol. The maximum absolute atomic E-state index is 12.6. The second kappa shape index (κ2) is 19.8. The van der Waals surface area contributed by atoms with E-state index in [1.807, 2.05) is 25.4 Å². The lowest BCUT2D eigenvalue weighted by Gasteiger charge is -2.40. The molecule has 1 fully saturated rings. The molecule has 280 valence electrons. The van der Waals surface area contributed by atoms with Crippen LogP contribution in [0.4, 0.5) is 5.82 Å². The van der Waals surface area contributed by atoms with Crippen LogP contribution in [0.25, 0.3) is 0 Å². The molecule has 2 heterocycles. The van der Waals surface area contributed by atoms with Crippen LogP contribution in [0.3, 0.4) is 0 Å². The highest BCUT2D eigenvalue weighted by Gasteiger charge is 2.51. The number of H-pyrrole nitrogens is 1. The molecule has 9 heteroatoms. The van der Waals surface area contributed by atoms with Crippen LogP contribution < -0.4 is 11.1 Å². The second-order valence-corrected chi connectivity index (χ2v) is 15.6. The monoisotopic (exact) mass is 695 g/mol. The van der Waals surface area contributed by atoms with Gasteiger partial charge in [0, 0.05) is 36.5 Å². The predicted octanol–water partition coefficient (Wildman–Crippen LogP) is 6.47. The molecule has 4 rings (SSSR count). The summed E-state index contributed by atoms with van der Waals surface area (Å²) in [5, 5.41) is 48.3. The molecule has 9 atom stereocenters. The summed E-state index contributed by atoms with van der Waals surface area (Å²) in [6.07, 6.45) is 20.3. The van der Waals surface area contributed by atoms with Crippen LogP contribution in [0.15, 0.2) is 42.7 Å². The molecule has 0 radical (unpaired) electrons. The number of nitrogens with one attached hydrogen (secondary N) is 2. The Morgan fingerprint density at radius 1 is 1.08 bits per heavy atom. The normalized spacial score (nSPS) is 27.0. The van der Waals surface area contributed by atoms with Gasteiger partial charge >= 0.3 is 5.97 Å². The summed E-state index contributed by atoms with van der Waals surface area (Å²) >= 11 is 0. The molecule has 0 unspecified atom stereocenters. The number of aliphatic hydroxyl groups excluding tert-OH is 2. The van der Waals surface area contributed by atoms with E-state index in [1.54, 1.807) is 6.20 Å². The molecule has 2 aromatic heterocycles. The molecule has 0 aliphatic heterocycles. The molecule has 2 aromatic rings.